The van der Waals surface area contributed by atoms with Crippen molar-refractivity contribution in [2.24, 2.45) is 4.99 Å². The molecule has 7 nitrogen and oxygen atoms in total. The first-order valence-corrected chi connectivity index (χ1v) is 9.99. The van der Waals surface area contributed by atoms with Crippen molar-refractivity contribution in [1.29, 1.82) is 0 Å². The van der Waals surface area contributed by atoms with Gasteiger partial charge in [0, 0.05) is 19.8 Å². The molecule has 0 bridgehead atoms. The number of hydrogen-bond acceptors (Lipinski definition) is 3. The maximum absolute atomic E-state index is 12.3. The number of anilines is 1. The second-order valence-corrected chi connectivity index (χ2v) is 6.97. The lowest BCUT2D eigenvalue weighted by molar-refractivity contribution is -0.115. The van der Waals surface area contributed by atoms with Gasteiger partial charge < -0.3 is 20.5 Å². The van der Waals surface area contributed by atoms with Crippen molar-refractivity contribution < 1.29 is 4.79 Å². The fraction of sp³-hybridized carbons (Fsp3) is 0.261. The summed E-state index contributed by atoms with van der Waals surface area (Å²) in [6.45, 7) is 2.75. The van der Waals surface area contributed by atoms with Crippen LogP contribution in [0.25, 0.3) is 11.3 Å². The fourth-order valence-electron chi connectivity index (χ4n) is 3.13. The van der Waals surface area contributed by atoms with Crippen molar-refractivity contribution in [3.8, 4) is 11.3 Å². The molecule has 0 aliphatic carbocycles. The zero-order chi connectivity index (χ0) is 21.3. The van der Waals surface area contributed by atoms with Gasteiger partial charge in [-0.15, -0.1) is 0 Å². The van der Waals surface area contributed by atoms with Crippen molar-refractivity contribution in [2.75, 3.05) is 26.0 Å². The van der Waals surface area contributed by atoms with Gasteiger partial charge in [0.2, 0.25) is 5.91 Å². The number of carbonyl (C=O) groups is 1. The van der Waals surface area contributed by atoms with Gasteiger partial charge in [-0.1, -0.05) is 49.4 Å². The summed E-state index contributed by atoms with van der Waals surface area (Å²) in [5.74, 6) is 1.31. The van der Waals surface area contributed by atoms with Crippen LogP contribution in [-0.4, -0.2) is 47.4 Å². The van der Waals surface area contributed by atoms with E-state index in [2.05, 4.69) is 32.5 Å². The highest BCUT2D eigenvalue weighted by Crippen LogP contribution is 2.16. The molecule has 1 amide bonds. The summed E-state index contributed by atoms with van der Waals surface area (Å²) in [5, 5.41) is 6.01. The summed E-state index contributed by atoms with van der Waals surface area (Å²) in [5.41, 5.74) is 4.04. The van der Waals surface area contributed by atoms with Crippen LogP contribution in [0.1, 0.15) is 18.3 Å². The Morgan fingerprint density at radius 3 is 2.70 bits per heavy atom. The van der Waals surface area contributed by atoms with E-state index in [9.17, 15) is 4.79 Å². The standard InChI is InChI=1S/C23H28N6O/c1-4-17-9-8-12-19(13-17)27-22(30)15-26-23(24-2)29(3)16-21-25-14-20(28-21)18-10-6-5-7-11-18/h5-14H,4,15-16H2,1-3H3,(H,24,26)(H,25,28)(H,27,30). The maximum atomic E-state index is 12.3. The highest BCUT2D eigenvalue weighted by atomic mass is 16.1. The number of carbonyl (C=O) groups excluding carboxylic acids is 1. The molecule has 0 unspecified atom stereocenters. The number of aliphatic imine (C=N–C) groups is 1. The van der Waals surface area contributed by atoms with E-state index in [1.807, 2.05) is 72.7 Å². The molecule has 30 heavy (non-hydrogen) atoms. The number of aromatic nitrogens is 2. The monoisotopic (exact) mass is 404 g/mol. The second-order valence-electron chi connectivity index (χ2n) is 6.97. The first-order chi connectivity index (χ1) is 14.6. The maximum Gasteiger partial charge on any atom is 0.243 e. The molecule has 3 aromatic rings. The third kappa shape index (κ3) is 5.70. The first-order valence-electron chi connectivity index (χ1n) is 9.99. The lowest BCUT2D eigenvalue weighted by atomic mass is 10.1. The number of guanidine groups is 1. The topological polar surface area (TPSA) is 85.4 Å². The van der Waals surface area contributed by atoms with Crippen molar-refractivity contribution in [3.05, 3.63) is 72.2 Å². The van der Waals surface area contributed by atoms with Crippen LogP contribution < -0.4 is 10.6 Å². The summed E-state index contributed by atoms with van der Waals surface area (Å²) in [6, 6.07) is 17.9. The Hall–Kier alpha value is -3.61. The molecular formula is C23H28N6O. The van der Waals surface area contributed by atoms with E-state index < -0.39 is 0 Å². The molecule has 3 rings (SSSR count). The first kappa shape index (κ1) is 21.1. The lowest BCUT2D eigenvalue weighted by Gasteiger charge is -2.21. The number of aryl methyl sites for hydroxylation is 1. The van der Waals surface area contributed by atoms with E-state index >= 15 is 0 Å². The summed E-state index contributed by atoms with van der Waals surface area (Å²) < 4.78 is 0. The van der Waals surface area contributed by atoms with Crippen LogP contribution in [0.3, 0.4) is 0 Å². The van der Waals surface area contributed by atoms with E-state index in [1.54, 1.807) is 7.05 Å². The molecule has 0 aliphatic heterocycles. The Morgan fingerprint density at radius 1 is 1.17 bits per heavy atom. The number of rotatable bonds is 7. The smallest absolute Gasteiger partial charge is 0.243 e. The van der Waals surface area contributed by atoms with Crippen LogP contribution in [0.5, 0.6) is 0 Å². The Kier molecular flexibility index (Phi) is 7.21. The molecule has 3 N–H and O–H groups in total. The zero-order valence-electron chi connectivity index (χ0n) is 17.6. The normalized spacial score (nSPS) is 11.2. The van der Waals surface area contributed by atoms with E-state index in [4.69, 9.17) is 0 Å². The molecule has 0 fully saturated rings. The molecule has 0 saturated carbocycles. The molecular weight excluding hydrogens is 376 g/mol. The lowest BCUT2D eigenvalue weighted by Crippen LogP contribution is -2.42. The number of amides is 1. The molecule has 1 heterocycles. The Balaban J connectivity index is 1.53. The van der Waals surface area contributed by atoms with Gasteiger partial charge in [0.1, 0.15) is 5.82 Å². The van der Waals surface area contributed by atoms with Crippen molar-refractivity contribution in [3.63, 3.8) is 0 Å². The number of imidazole rings is 1. The number of nitrogens with one attached hydrogen (secondary N) is 3. The molecule has 0 atom stereocenters. The highest BCUT2D eigenvalue weighted by molar-refractivity contribution is 5.95. The Labute approximate surface area is 177 Å². The SMILES string of the molecule is CCc1cccc(NC(=O)CNC(=NC)N(C)Cc2ncc(-c3ccccc3)[nH]2)c1. The van der Waals surface area contributed by atoms with Gasteiger partial charge >= 0.3 is 0 Å². The van der Waals surface area contributed by atoms with Gasteiger partial charge in [-0.25, -0.2) is 4.98 Å². The minimum Gasteiger partial charge on any atom is -0.347 e. The molecule has 2 aromatic carbocycles. The third-order valence-electron chi connectivity index (χ3n) is 4.70. The van der Waals surface area contributed by atoms with Crippen LogP contribution in [0.4, 0.5) is 5.69 Å². The summed E-state index contributed by atoms with van der Waals surface area (Å²) in [4.78, 5) is 26.3. The zero-order valence-corrected chi connectivity index (χ0v) is 17.6. The van der Waals surface area contributed by atoms with Crippen LogP contribution in [0.2, 0.25) is 0 Å². The number of hydrogen-bond donors (Lipinski definition) is 3. The van der Waals surface area contributed by atoms with Gasteiger partial charge in [-0.3, -0.25) is 9.79 Å². The molecule has 0 aliphatic rings. The molecule has 0 radical (unpaired) electrons. The van der Waals surface area contributed by atoms with Crippen LogP contribution in [-0.2, 0) is 17.8 Å². The second kappa shape index (κ2) is 10.2. The molecule has 0 saturated heterocycles. The van der Waals surface area contributed by atoms with E-state index in [-0.39, 0.29) is 12.5 Å². The molecule has 156 valence electrons. The number of benzene rings is 2. The summed E-state index contributed by atoms with van der Waals surface area (Å²) >= 11 is 0. The average molecular weight is 405 g/mol. The minimum atomic E-state index is -0.123. The quantitative estimate of drug-likeness (QED) is 0.417. The predicted molar refractivity (Wildman–Crippen MR) is 121 cm³/mol. The van der Waals surface area contributed by atoms with Crippen molar-refractivity contribution in [1.82, 2.24) is 20.2 Å². The largest absolute Gasteiger partial charge is 0.347 e. The predicted octanol–water partition coefficient (Wildman–Crippen LogP) is 3.29. The molecule has 0 spiro atoms. The van der Waals surface area contributed by atoms with E-state index in [1.165, 1.54) is 5.56 Å². The van der Waals surface area contributed by atoms with Crippen molar-refractivity contribution in [2.45, 2.75) is 19.9 Å². The van der Waals surface area contributed by atoms with Crippen LogP contribution in [0, 0.1) is 0 Å². The van der Waals surface area contributed by atoms with Gasteiger partial charge in [-0.05, 0) is 29.7 Å². The number of H-pyrrole nitrogens is 1. The van der Waals surface area contributed by atoms with Crippen LogP contribution in [0.15, 0.2) is 65.8 Å². The van der Waals surface area contributed by atoms with Gasteiger partial charge in [0.05, 0.1) is 25.0 Å². The molecule has 7 heteroatoms. The molecule has 1 aromatic heterocycles. The number of aromatic amines is 1. The third-order valence-corrected chi connectivity index (χ3v) is 4.70. The fourth-order valence-corrected chi connectivity index (χ4v) is 3.13. The van der Waals surface area contributed by atoms with E-state index in [0.29, 0.717) is 12.5 Å². The summed E-state index contributed by atoms with van der Waals surface area (Å²) in [7, 11) is 3.60. The number of nitrogens with zero attached hydrogens (tertiary/aromatic N) is 3. The van der Waals surface area contributed by atoms with Crippen LogP contribution >= 0.6 is 0 Å². The van der Waals surface area contributed by atoms with Crippen molar-refractivity contribution >= 4 is 17.6 Å². The highest BCUT2D eigenvalue weighted by Gasteiger charge is 2.11. The van der Waals surface area contributed by atoms with Gasteiger partial charge in [0.25, 0.3) is 0 Å². The van der Waals surface area contributed by atoms with Gasteiger partial charge in [-0.2, -0.15) is 0 Å². The Morgan fingerprint density at radius 2 is 1.97 bits per heavy atom. The minimum absolute atomic E-state index is 0.123. The summed E-state index contributed by atoms with van der Waals surface area (Å²) in [6.07, 6.45) is 2.75. The van der Waals surface area contributed by atoms with Gasteiger partial charge in [0.15, 0.2) is 5.96 Å². The average Bonchev–Trinajstić information content (AvgIpc) is 3.23. The Bertz CT molecular complexity index is 996. The van der Waals surface area contributed by atoms with E-state index in [0.717, 1.165) is 29.2 Å².